The molecular weight excluding hydrogens is 327 g/mol. The average molecular weight is 348 g/mol. The van der Waals surface area contributed by atoms with Crippen LogP contribution in [0.5, 0.6) is 0 Å². The number of nitrogens with one attached hydrogen (secondary N) is 2. The normalized spacial score (nSPS) is 10.4. The number of rotatable bonds is 6. The number of carbonyl (C=O) groups excluding carboxylic acids is 1. The van der Waals surface area contributed by atoms with Crippen LogP contribution >= 0.6 is 0 Å². The molecule has 3 rings (SSSR count). The number of hydrogen-bond acceptors (Lipinski definition) is 2. The standard InChI is InChI=1S/C22H21FN2O/c1-16-6-2-3-7-17(16)14-22(26)25-20-12-10-19(11-13-20)24-15-18-8-4-5-9-21(18)23/h2-13,24H,14-15H2,1H3,(H,25,26). The van der Waals surface area contributed by atoms with E-state index in [1.54, 1.807) is 12.1 Å². The van der Waals surface area contributed by atoms with E-state index in [1.165, 1.54) is 6.07 Å². The molecule has 3 nitrogen and oxygen atoms in total. The van der Waals surface area contributed by atoms with Gasteiger partial charge >= 0.3 is 0 Å². The van der Waals surface area contributed by atoms with Crippen molar-refractivity contribution >= 4 is 17.3 Å². The highest BCUT2D eigenvalue weighted by Gasteiger charge is 2.06. The molecule has 0 aliphatic heterocycles. The van der Waals surface area contributed by atoms with Gasteiger partial charge in [0.05, 0.1) is 6.42 Å². The SMILES string of the molecule is Cc1ccccc1CC(=O)Nc1ccc(NCc2ccccc2F)cc1. The number of halogens is 1. The highest BCUT2D eigenvalue weighted by atomic mass is 19.1. The molecule has 0 heterocycles. The zero-order valence-corrected chi connectivity index (χ0v) is 14.6. The number of amides is 1. The summed E-state index contributed by atoms with van der Waals surface area (Å²) in [5.74, 6) is -0.272. The van der Waals surface area contributed by atoms with Crippen molar-refractivity contribution in [2.45, 2.75) is 19.9 Å². The minimum Gasteiger partial charge on any atom is -0.381 e. The topological polar surface area (TPSA) is 41.1 Å². The fourth-order valence-electron chi connectivity index (χ4n) is 2.70. The Morgan fingerprint density at radius 1 is 0.846 bits per heavy atom. The van der Waals surface area contributed by atoms with Gasteiger partial charge in [0.15, 0.2) is 0 Å². The van der Waals surface area contributed by atoms with Gasteiger partial charge in [0.2, 0.25) is 5.91 Å². The minimum absolute atomic E-state index is 0.0497. The Morgan fingerprint density at radius 2 is 1.46 bits per heavy atom. The van der Waals surface area contributed by atoms with E-state index in [2.05, 4.69) is 10.6 Å². The second kappa shape index (κ2) is 8.30. The van der Waals surface area contributed by atoms with Crippen LogP contribution in [0.2, 0.25) is 0 Å². The predicted molar refractivity (Wildman–Crippen MR) is 104 cm³/mol. The Morgan fingerprint density at radius 3 is 2.15 bits per heavy atom. The van der Waals surface area contributed by atoms with Crippen LogP contribution in [0.4, 0.5) is 15.8 Å². The summed E-state index contributed by atoms with van der Waals surface area (Å²) in [4.78, 5) is 12.2. The highest BCUT2D eigenvalue weighted by molar-refractivity contribution is 5.92. The summed E-state index contributed by atoms with van der Waals surface area (Å²) in [5, 5.41) is 6.08. The Hall–Kier alpha value is -3.14. The van der Waals surface area contributed by atoms with Gasteiger partial charge in [-0.3, -0.25) is 4.79 Å². The van der Waals surface area contributed by atoms with Crippen LogP contribution in [0.25, 0.3) is 0 Å². The fraction of sp³-hybridized carbons (Fsp3) is 0.136. The van der Waals surface area contributed by atoms with Crippen molar-refractivity contribution in [3.8, 4) is 0 Å². The molecule has 0 aliphatic rings. The van der Waals surface area contributed by atoms with Crippen LogP contribution in [0.1, 0.15) is 16.7 Å². The number of aryl methyl sites for hydroxylation is 1. The fourth-order valence-corrected chi connectivity index (χ4v) is 2.70. The summed E-state index contributed by atoms with van der Waals surface area (Å²) < 4.78 is 13.6. The molecule has 3 aromatic rings. The van der Waals surface area contributed by atoms with Gasteiger partial charge in [0.25, 0.3) is 0 Å². The van der Waals surface area contributed by atoms with E-state index >= 15 is 0 Å². The quantitative estimate of drug-likeness (QED) is 0.663. The highest BCUT2D eigenvalue weighted by Crippen LogP contribution is 2.16. The van der Waals surface area contributed by atoms with E-state index in [0.717, 1.165) is 22.5 Å². The van der Waals surface area contributed by atoms with Crippen molar-refractivity contribution in [1.29, 1.82) is 0 Å². The van der Waals surface area contributed by atoms with E-state index < -0.39 is 0 Å². The zero-order chi connectivity index (χ0) is 18.4. The van der Waals surface area contributed by atoms with Crippen LogP contribution in [-0.4, -0.2) is 5.91 Å². The molecule has 0 saturated heterocycles. The molecule has 0 aromatic heterocycles. The van der Waals surface area contributed by atoms with Crippen LogP contribution in [0.3, 0.4) is 0 Å². The maximum absolute atomic E-state index is 13.6. The third-order valence-electron chi connectivity index (χ3n) is 4.22. The van der Waals surface area contributed by atoms with E-state index in [9.17, 15) is 9.18 Å². The summed E-state index contributed by atoms with van der Waals surface area (Å²) >= 11 is 0. The molecule has 26 heavy (non-hydrogen) atoms. The number of hydrogen-bond donors (Lipinski definition) is 2. The van der Waals surface area contributed by atoms with Crippen LogP contribution in [0.15, 0.2) is 72.8 Å². The molecule has 0 fully saturated rings. The van der Waals surface area contributed by atoms with Gasteiger partial charge in [-0.25, -0.2) is 4.39 Å². The number of benzene rings is 3. The molecule has 0 spiro atoms. The van der Waals surface area contributed by atoms with E-state index in [4.69, 9.17) is 0 Å². The number of carbonyl (C=O) groups is 1. The minimum atomic E-state index is -0.222. The first kappa shape index (κ1) is 17.7. The van der Waals surface area contributed by atoms with Gasteiger partial charge in [-0.1, -0.05) is 42.5 Å². The molecule has 0 bridgehead atoms. The summed E-state index contributed by atoms with van der Waals surface area (Å²) in [7, 11) is 0. The third kappa shape index (κ3) is 4.70. The second-order valence-corrected chi connectivity index (χ2v) is 6.17. The Kier molecular flexibility index (Phi) is 5.64. The van der Waals surface area contributed by atoms with E-state index in [-0.39, 0.29) is 11.7 Å². The summed E-state index contributed by atoms with van der Waals surface area (Å²) in [5.41, 5.74) is 4.34. The van der Waals surface area contributed by atoms with Gasteiger partial charge in [0.1, 0.15) is 5.82 Å². The van der Waals surface area contributed by atoms with Crippen LogP contribution in [0, 0.1) is 12.7 Å². The molecule has 0 unspecified atom stereocenters. The Bertz CT molecular complexity index is 891. The van der Waals surface area contributed by atoms with Crippen molar-refractivity contribution in [1.82, 2.24) is 0 Å². The Balaban J connectivity index is 1.55. The van der Waals surface area contributed by atoms with E-state index in [0.29, 0.717) is 18.5 Å². The van der Waals surface area contributed by atoms with Crippen molar-refractivity contribution in [3.05, 3.63) is 95.3 Å². The number of anilines is 2. The van der Waals surface area contributed by atoms with Gasteiger partial charge in [-0.15, -0.1) is 0 Å². The predicted octanol–water partition coefficient (Wildman–Crippen LogP) is 4.93. The Labute approximate surface area is 152 Å². The molecule has 0 atom stereocenters. The maximum Gasteiger partial charge on any atom is 0.228 e. The lowest BCUT2D eigenvalue weighted by molar-refractivity contribution is -0.115. The first-order chi connectivity index (χ1) is 12.6. The van der Waals surface area contributed by atoms with Crippen molar-refractivity contribution < 1.29 is 9.18 Å². The maximum atomic E-state index is 13.6. The van der Waals surface area contributed by atoms with Crippen LogP contribution < -0.4 is 10.6 Å². The average Bonchev–Trinajstić information content (AvgIpc) is 2.64. The monoisotopic (exact) mass is 348 g/mol. The lowest BCUT2D eigenvalue weighted by Gasteiger charge is -2.10. The molecule has 132 valence electrons. The molecule has 4 heteroatoms. The lowest BCUT2D eigenvalue weighted by atomic mass is 10.1. The van der Waals surface area contributed by atoms with Gasteiger partial charge < -0.3 is 10.6 Å². The van der Waals surface area contributed by atoms with Crippen molar-refractivity contribution in [2.24, 2.45) is 0 Å². The van der Waals surface area contributed by atoms with Crippen LogP contribution in [-0.2, 0) is 17.8 Å². The molecule has 0 saturated carbocycles. The molecule has 0 aliphatic carbocycles. The summed E-state index contributed by atoms with van der Waals surface area (Å²) in [6.07, 6.45) is 0.347. The first-order valence-corrected chi connectivity index (χ1v) is 8.53. The molecule has 0 radical (unpaired) electrons. The molecular formula is C22H21FN2O. The third-order valence-corrected chi connectivity index (χ3v) is 4.22. The van der Waals surface area contributed by atoms with Gasteiger partial charge in [0, 0.05) is 23.5 Å². The van der Waals surface area contributed by atoms with Crippen molar-refractivity contribution in [3.63, 3.8) is 0 Å². The lowest BCUT2D eigenvalue weighted by Crippen LogP contribution is -2.15. The molecule has 1 amide bonds. The van der Waals surface area contributed by atoms with Gasteiger partial charge in [-0.05, 0) is 48.4 Å². The van der Waals surface area contributed by atoms with Gasteiger partial charge in [-0.2, -0.15) is 0 Å². The molecule has 3 aromatic carbocycles. The van der Waals surface area contributed by atoms with Crippen molar-refractivity contribution in [2.75, 3.05) is 10.6 Å². The second-order valence-electron chi connectivity index (χ2n) is 6.17. The smallest absolute Gasteiger partial charge is 0.228 e. The zero-order valence-electron chi connectivity index (χ0n) is 14.6. The summed E-state index contributed by atoms with van der Waals surface area (Å²) in [6.45, 7) is 2.41. The largest absolute Gasteiger partial charge is 0.381 e. The van der Waals surface area contributed by atoms with E-state index in [1.807, 2.05) is 61.5 Å². The first-order valence-electron chi connectivity index (χ1n) is 8.53. The summed E-state index contributed by atoms with van der Waals surface area (Å²) in [6, 6.07) is 21.9. The molecule has 2 N–H and O–H groups in total.